The number of aliphatic hydroxyl groups excluding tert-OH is 1. The van der Waals surface area contributed by atoms with E-state index in [2.05, 4.69) is 10.6 Å². The maximum Gasteiger partial charge on any atom is 0.227 e. The molecule has 2 heterocycles. The Morgan fingerprint density at radius 3 is 2.65 bits per heavy atom. The van der Waals surface area contributed by atoms with Crippen LogP contribution in [0.1, 0.15) is 62.1 Å². The van der Waals surface area contributed by atoms with Crippen molar-refractivity contribution in [2.45, 2.75) is 69.3 Å². The number of rotatable bonds is 7. The molecule has 180 valence electrons. The van der Waals surface area contributed by atoms with Crippen molar-refractivity contribution < 1.29 is 24.2 Å². The smallest absolute Gasteiger partial charge is 0.227 e. The molecule has 5 rings (SSSR count). The van der Waals surface area contributed by atoms with Gasteiger partial charge in [-0.2, -0.15) is 0 Å². The van der Waals surface area contributed by atoms with Crippen LogP contribution in [0.3, 0.4) is 0 Å². The first-order chi connectivity index (χ1) is 16.5. The lowest BCUT2D eigenvalue weighted by Gasteiger charge is -2.37. The van der Waals surface area contributed by atoms with Crippen LogP contribution in [0.5, 0.6) is 5.75 Å². The first-order valence-electron chi connectivity index (χ1n) is 12.2. The van der Waals surface area contributed by atoms with Crippen LogP contribution in [0, 0.1) is 5.92 Å². The summed E-state index contributed by atoms with van der Waals surface area (Å²) in [6.45, 7) is 1.78. The van der Waals surface area contributed by atoms with E-state index in [1.54, 1.807) is 0 Å². The van der Waals surface area contributed by atoms with Crippen LogP contribution >= 0.6 is 0 Å². The van der Waals surface area contributed by atoms with E-state index in [0.29, 0.717) is 6.42 Å². The minimum absolute atomic E-state index is 0.00852. The Morgan fingerprint density at radius 1 is 1.15 bits per heavy atom. The summed E-state index contributed by atoms with van der Waals surface area (Å²) < 4.78 is 12.2. The largest absolute Gasteiger partial charge is 0.487 e. The summed E-state index contributed by atoms with van der Waals surface area (Å²) in [4.78, 5) is 25.2. The number of ether oxygens (including phenoxy) is 2. The van der Waals surface area contributed by atoms with E-state index < -0.39 is 6.10 Å². The van der Waals surface area contributed by atoms with Gasteiger partial charge in [-0.1, -0.05) is 36.8 Å². The van der Waals surface area contributed by atoms with Crippen molar-refractivity contribution >= 4 is 17.5 Å². The molecule has 2 amide bonds. The second-order valence-electron chi connectivity index (χ2n) is 9.68. The highest BCUT2D eigenvalue weighted by Crippen LogP contribution is 2.47. The highest BCUT2D eigenvalue weighted by molar-refractivity contribution is 5.93. The van der Waals surface area contributed by atoms with E-state index in [1.807, 2.05) is 55.5 Å². The highest BCUT2D eigenvalue weighted by atomic mass is 16.6. The van der Waals surface area contributed by atoms with E-state index in [9.17, 15) is 14.7 Å². The average molecular weight is 465 g/mol. The number of hydrogen-bond donors (Lipinski definition) is 3. The van der Waals surface area contributed by atoms with Crippen LogP contribution in [0.25, 0.3) is 0 Å². The molecule has 2 aromatic carbocycles. The predicted octanol–water partition coefficient (Wildman–Crippen LogP) is 3.69. The van der Waals surface area contributed by atoms with Gasteiger partial charge in [0.25, 0.3) is 0 Å². The summed E-state index contributed by atoms with van der Waals surface area (Å²) in [7, 11) is 0. The third kappa shape index (κ3) is 4.68. The number of anilines is 1. The predicted molar refractivity (Wildman–Crippen MR) is 128 cm³/mol. The van der Waals surface area contributed by atoms with Gasteiger partial charge in [0, 0.05) is 23.1 Å². The second-order valence-corrected chi connectivity index (χ2v) is 9.68. The Kier molecular flexibility index (Phi) is 6.57. The zero-order valence-corrected chi connectivity index (χ0v) is 19.4. The summed E-state index contributed by atoms with van der Waals surface area (Å²) in [6.07, 6.45) is 2.69. The fraction of sp³-hybridized carbons (Fsp3) is 0.481. The van der Waals surface area contributed by atoms with Crippen LogP contribution in [0.15, 0.2) is 48.5 Å². The van der Waals surface area contributed by atoms with Crippen LogP contribution < -0.4 is 15.4 Å². The molecule has 0 spiro atoms. The van der Waals surface area contributed by atoms with E-state index in [1.165, 1.54) is 0 Å². The molecule has 7 nitrogen and oxygen atoms in total. The molecule has 34 heavy (non-hydrogen) atoms. The molecular formula is C27H32N2O5. The van der Waals surface area contributed by atoms with Crippen LogP contribution in [-0.4, -0.2) is 41.8 Å². The Hall–Kier alpha value is -2.90. The highest BCUT2D eigenvalue weighted by Gasteiger charge is 2.46. The lowest BCUT2D eigenvalue weighted by molar-refractivity contribution is -0.142. The number of amides is 2. The van der Waals surface area contributed by atoms with Crippen molar-refractivity contribution in [1.29, 1.82) is 0 Å². The third-order valence-electron chi connectivity index (χ3n) is 7.33. The van der Waals surface area contributed by atoms with Gasteiger partial charge in [0.1, 0.15) is 18.0 Å². The fourth-order valence-corrected chi connectivity index (χ4v) is 5.21. The molecule has 5 atom stereocenters. The molecule has 1 saturated carbocycles. The molecule has 1 aliphatic carbocycles. The van der Waals surface area contributed by atoms with Gasteiger partial charge in [-0.15, -0.1) is 0 Å². The molecule has 2 aliphatic heterocycles. The van der Waals surface area contributed by atoms with Crippen molar-refractivity contribution in [2.24, 2.45) is 5.92 Å². The number of hydrogen-bond acceptors (Lipinski definition) is 5. The van der Waals surface area contributed by atoms with Crippen LogP contribution in [-0.2, 0) is 14.3 Å². The molecule has 0 radical (unpaired) electrons. The molecule has 3 aliphatic rings. The van der Waals surface area contributed by atoms with E-state index in [0.717, 1.165) is 41.8 Å². The topological polar surface area (TPSA) is 96.9 Å². The van der Waals surface area contributed by atoms with Crippen molar-refractivity contribution in [2.75, 3.05) is 11.9 Å². The SMILES string of the molecule is C[C@@H](NC(=O)C[C@H]1C[C@@H]2c3cc(NC(=O)C4CCC4)ccc3O[C@@H]2[C@H](CO)O1)c1ccccc1. The molecule has 2 fully saturated rings. The zero-order chi connectivity index (χ0) is 23.7. The minimum atomic E-state index is -0.511. The van der Waals surface area contributed by atoms with Gasteiger partial charge in [-0.05, 0) is 49.9 Å². The summed E-state index contributed by atoms with van der Waals surface area (Å²) in [6, 6.07) is 15.4. The fourth-order valence-electron chi connectivity index (χ4n) is 5.21. The van der Waals surface area contributed by atoms with Crippen molar-refractivity contribution in [1.82, 2.24) is 5.32 Å². The zero-order valence-electron chi connectivity index (χ0n) is 19.4. The van der Waals surface area contributed by atoms with Gasteiger partial charge in [0.15, 0.2) is 0 Å². The maximum absolute atomic E-state index is 12.8. The monoisotopic (exact) mass is 464 g/mol. The molecular weight excluding hydrogens is 432 g/mol. The Bertz CT molecular complexity index is 1040. The van der Waals surface area contributed by atoms with E-state index in [4.69, 9.17) is 9.47 Å². The summed E-state index contributed by atoms with van der Waals surface area (Å²) >= 11 is 0. The molecule has 0 aromatic heterocycles. The number of carbonyl (C=O) groups excluding carboxylic acids is 2. The molecule has 0 unspecified atom stereocenters. The number of nitrogens with one attached hydrogen (secondary N) is 2. The summed E-state index contributed by atoms with van der Waals surface area (Å²) in [5.74, 6) is 0.841. The standard InChI is InChI=1S/C27H32N2O5/c1-16(17-6-3-2-4-7-17)28-25(31)14-20-13-22-21-12-19(29-27(32)18-8-5-9-18)10-11-23(21)34-26(22)24(15-30)33-20/h2-4,6-7,10-12,16,18,20,22,24,26,30H,5,8-9,13-15H2,1H3,(H,28,31)(H,29,32)/t16-,20-,22-,24+,26+/m1/s1. The second kappa shape index (κ2) is 9.76. The molecule has 3 N–H and O–H groups in total. The quantitative estimate of drug-likeness (QED) is 0.581. The number of carbonyl (C=O) groups is 2. The van der Waals surface area contributed by atoms with Crippen LogP contribution in [0.2, 0.25) is 0 Å². The first kappa shape index (κ1) is 22.9. The normalized spacial score (nSPS) is 26.4. The molecule has 2 aromatic rings. The van der Waals surface area contributed by atoms with Gasteiger partial charge in [-0.25, -0.2) is 0 Å². The summed E-state index contributed by atoms with van der Waals surface area (Å²) in [5, 5.41) is 16.1. The van der Waals surface area contributed by atoms with Crippen molar-refractivity contribution in [3.05, 3.63) is 59.7 Å². The van der Waals surface area contributed by atoms with E-state index in [-0.39, 0.29) is 54.9 Å². The maximum atomic E-state index is 12.8. The third-order valence-corrected chi connectivity index (χ3v) is 7.33. The number of benzene rings is 2. The Balaban J connectivity index is 1.26. The molecule has 1 saturated heterocycles. The Morgan fingerprint density at radius 2 is 1.94 bits per heavy atom. The van der Waals surface area contributed by atoms with Crippen LogP contribution in [0.4, 0.5) is 5.69 Å². The summed E-state index contributed by atoms with van der Waals surface area (Å²) in [5.41, 5.74) is 2.81. The van der Waals surface area contributed by atoms with Gasteiger partial charge >= 0.3 is 0 Å². The van der Waals surface area contributed by atoms with Crippen molar-refractivity contribution in [3.8, 4) is 5.75 Å². The average Bonchev–Trinajstić information content (AvgIpc) is 3.16. The van der Waals surface area contributed by atoms with E-state index >= 15 is 0 Å². The Labute approximate surface area is 199 Å². The van der Waals surface area contributed by atoms with Gasteiger partial charge in [-0.3, -0.25) is 9.59 Å². The first-order valence-corrected chi connectivity index (χ1v) is 12.2. The molecule has 7 heteroatoms. The van der Waals surface area contributed by atoms with Gasteiger partial charge < -0.3 is 25.2 Å². The lowest BCUT2D eigenvalue weighted by Crippen LogP contribution is -2.47. The number of fused-ring (bicyclic) bond motifs is 3. The number of aliphatic hydroxyl groups is 1. The van der Waals surface area contributed by atoms with Gasteiger partial charge in [0.05, 0.1) is 25.2 Å². The van der Waals surface area contributed by atoms with Gasteiger partial charge in [0.2, 0.25) is 11.8 Å². The van der Waals surface area contributed by atoms with Crippen molar-refractivity contribution in [3.63, 3.8) is 0 Å². The molecule has 0 bridgehead atoms. The minimum Gasteiger partial charge on any atom is -0.487 e. The lowest BCUT2D eigenvalue weighted by atomic mass is 9.83.